The lowest BCUT2D eigenvalue weighted by Gasteiger charge is -2.34. The highest BCUT2D eigenvalue weighted by Crippen LogP contribution is 2.29. The molecule has 1 aromatic heterocycles. The maximum absolute atomic E-state index is 12.7. The highest BCUT2D eigenvalue weighted by atomic mass is 19.4. The summed E-state index contributed by atoms with van der Waals surface area (Å²) in [5.74, 6) is -0.620. The van der Waals surface area contributed by atoms with E-state index in [1.165, 1.54) is 13.0 Å². The van der Waals surface area contributed by atoms with Crippen molar-refractivity contribution in [2.24, 2.45) is 5.92 Å². The zero-order chi connectivity index (χ0) is 19.5. The summed E-state index contributed by atoms with van der Waals surface area (Å²) in [6.07, 6.45) is -3.14. The number of aromatic nitrogens is 1. The molecule has 0 radical (unpaired) electrons. The third-order valence-electron chi connectivity index (χ3n) is 4.74. The number of amides is 2. The molecular formula is C18H24F3N3O2. The smallest absolute Gasteiger partial charge is 0.343 e. The molecule has 2 heterocycles. The molecule has 1 aliphatic rings. The molecule has 1 saturated heterocycles. The van der Waals surface area contributed by atoms with Gasteiger partial charge in [-0.15, -0.1) is 0 Å². The van der Waals surface area contributed by atoms with E-state index < -0.39 is 11.9 Å². The zero-order valence-electron chi connectivity index (χ0n) is 15.3. The van der Waals surface area contributed by atoms with Gasteiger partial charge in [0.2, 0.25) is 5.91 Å². The van der Waals surface area contributed by atoms with Crippen LogP contribution in [0.1, 0.15) is 48.4 Å². The van der Waals surface area contributed by atoms with Gasteiger partial charge < -0.3 is 9.80 Å². The fourth-order valence-electron chi connectivity index (χ4n) is 3.27. The van der Waals surface area contributed by atoms with Gasteiger partial charge >= 0.3 is 6.18 Å². The van der Waals surface area contributed by atoms with Crippen LogP contribution in [0.3, 0.4) is 0 Å². The molecule has 1 aliphatic heterocycles. The van der Waals surface area contributed by atoms with Gasteiger partial charge in [-0.3, -0.25) is 9.59 Å². The van der Waals surface area contributed by atoms with E-state index in [-0.39, 0.29) is 35.5 Å². The molecule has 1 fully saturated rings. The van der Waals surface area contributed by atoms with Crippen molar-refractivity contribution in [3.63, 3.8) is 0 Å². The van der Waals surface area contributed by atoms with E-state index in [9.17, 15) is 22.8 Å². The maximum Gasteiger partial charge on any atom is 0.433 e. The quantitative estimate of drug-likeness (QED) is 0.817. The lowest BCUT2D eigenvalue weighted by Crippen LogP contribution is -2.46. The summed E-state index contributed by atoms with van der Waals surface area (Å²) in [4.78, 5) is 32.1. The second kappa shape index (κ2) is 8.05. The maximum atomic E-state index is 12.7. The van der Waals surface area contributed by atoms with Crippen molar-refractivity contribution in [2.45, 2.75) is 39.8 Å². The normalized spacial score (nSPS) is 17.9. The molecule has 2 amide bonds. The summed E-state index contributed by atoms with van der Waals surface area (Å²) >= 11 is 0. The van der Waals surface area contributed by atoms with Gasteiger partial charge in [0.1, 0.15) is 5.69 Å². The van der Waals surface area contributed by atoms with Gasteiger partial charge in [0.15, 0.2) is 0 Å². The fraction of sp³-hybridized carbons (Fsp3) is 0.611. The minimum Gasteiger partial charge on any atom is -0.343 e. The number of hydrogen-bond donors (Lipinski definition) is 0. The topological polar surface area (TPSA) is 53.5 Å². The lowest BCUT2D eigenvalue weighted by atomic mass is 9.95. The number of pyridine rings is 1. The van der Waals surface area contributed by atoms with Crippen molar-refractivity contribution in [1.82, 2.24) is 14.8 Å². The molecule has 0 aromatic carbocycles. The molecule has 26 heavy (non-hydrogen) atoms. The summed E-state index contributed by atoms with van der Waals surface area (Å²) in [6, 6.07) is 1.99. The molecular weight excluding hydrogens is 347 g/mol. The Balaban J connectivity index is 2.15. The number of carbonyl (C=O) groups is 2. The molecule has 0 bridgehead atoms. The summed E-state index contributed by atoms with van der Waals surface area (Å²) in [6.45, 7) is 7.21. The number of likely N-dealkylation sites (tertiary alicyclic amines) is 1. The first-order valence-electron chi connectivity index (χ1n) is 8.81. The standard InChI is InChI=1S/C18H24F3N3O2/c1-4-23(5-2)16(25)13-7-6-10-24(11-13)17(26)14-8-9-15(18(19,20)21)22-12(14)3/h8-9,13H,4-7,10-11H2,1-3H3. The van der Waals surface area contributed by atoms with Gasteiger partial charge in [0.25, 0.3) is 5.91 Å². The Bertz CT molecular complexity index is 672. The van der Waals surface area contributed by atoms with Crippen LogP contribution in [0.25, 0.3) is 0 Å². The number of carbonyl (C=O) groups excluding carboxylic acids is 2. The molecule has 144 valence electrons. The van der Waals surface area contributed by atoms with Crippen LogP contribution in [0.5, 0.6) is 0 Å². The van der Waals surface area contributed by atoms with Crippen molar-refractivity contribution in [2.75, 3.05) is 26.2 Å². The number of aryl methyl sites for hydroxylation is 1. The molecule has 1 aromatic rings. The zero-order valence-corrected chi connectivity index (χ0v) is 15.3. The molecule has 0 saturated carbocycles. The Morgan fingerprint density at radius 3 is 2.46 bits per heavy atom. The Morgan fingerprint density at radius 2 is 1.92 bits per heavy atom. The SMILES string of the molecule is CCN(CC)C(=O)C1CCCN(C(=O)c2ccc(C(F)(F)F)nc2C)C1. The molecule has 8 heteroatoms. The Hall–Kier alpha value is -2.12. The first-order chi connectivity index (χ1) is 12.2. The predicted octanol–water partition coefficient (Wildman–Crippen LogP) is 3.13. The van der Waals surface area contributed by atoms with Crippen LogP contribution in [-0.2, 0) is 11.0 Å². The van der Waals surface area contributed by atoms with Crippen LogP contribution in [0.2, 0.25) is 0 Å². The number of rotatable bonds is 4. The first-order valence-corrected chi connectivity index (χ1v) is 8.81. The fourth-order valence-corrected chi connectivity index (χ4v) is 3.27. The largest absolute Gasteiger partial charge is 0.433 e. The molecule has 2 rings (SSSR count). The molecule has 5 nitrogen and oxygen atoms in total. The Labute approximate surface area is 151 Å². The van der Waals surface area contributed by atoms with E-state index >= 15 is 0 Å². The van der Waals surface area contributed by atoms with Gasteiger partial charge in [-0.25, -0.2) is 4.98 Å². The summed E-state index contributed by atoms with van der Waals surface area (Å²) < 4.78 is 38.2. The number of piperidine rings is 1. The van der Waals surface area contributed by atoms with E-state index in [1.54, 1.807) is 9.80 Å². The van der Waals surface area contributed by atoms with E-state index in [0.717, 1.165) is 6.07 Å². The highest BCUT2D eigenvalue weighted by molar-refractivity contribution is 5.95. The third kappa shape index (κ3) is 4.34. The number of nitrogens with zero attached hydrogens (tertiary/aromatic N) is 3. The first kappa shape index (κ1) is 20.2. The summed E-state index contributed by atoms with van der Waals surface area (Å²) in [5.41, 5.74) is -0.823. The summed E-state index contributed by atoms with van der Waals surface area (Å²) in [7, 11) is 0. The molecule has 0 spiro atoms. The average molecular weight is 371 g/mol. The van der Waals surface area contributed by atoms with Crippen molar-refractivity contribution >= 4 is 11.8 Å². The van der Waals surface area contributed by atoms with Gasteiger partial charge in [-0.2, -0.15) is 13.2 Å². The minimum absolute atomic E-state index is 0.0229. The van der Waals surface area contributed by atoms with E-state index in [4.69, 9.17) is 0 Å². The second-order valence-electron chi connectivity index (χ2n) is 6.43. The van der Waals surface area contributed by atoms with Gasteiger partial charge in [-0.05, 0) is 45.7 Å². The van der Waals surface area contributed by atoms with Crippen molar-refractivity contribution in [1.29, 1.82) is 0 Å². The van der Waals surface area contributed by atoms with Gasteiger partial charge in [0.05, 0.1) is 17.2 Å². The van der Waals surface area contributed by atoms with Crippen LogP contribution in [0.15, 0.2) is 12.1 Å². The van der Waals surface area contributed by atoms with Gasteiger partial charge in [0, 0.05) is 26.2 Å². The van der Waals surface area contributed by atoms with E-state index in [1.807, 2.05) is 13.8 Å². The molecule has 1 unspecified atom stereocenters. The van der Waals surface area contributed by atoms with Crippen molar-refractivity contribution < 1.29 is 22.8 Å². The van der Waals surface area contributed by atoms with E-state index in [2.05, 4.69) is 4.98 Å². The van der Waals surface area contributed by atoms with Crippen LogP contribution < -0.4 is 0 Å². The Morgan fingerprint density at radius 1 is 1.27 bits per heavy atom. The monoisotopic (exact) mass is 371 g/mol. The van der Waals surface area contributed by atoms with Crippen LogP contribution in [0.4, 0.5) is 13.2 Å². The lowest BCUT2D eigenvalue weighted by molar-refractivity contribution is -0.141. The van der Waals surface area contributed by atoms with Crippen molar-refractivity contribution in [3.8, 4) is 0 Å². The van der Waals surface area contributed by atoms with Crippen molar-refractivity contribution in [3.05, 3.63) is 29.1 Å². The molecule has 0 N–H and O–H groups in total. The van der Waals surface area contributed by atoms with Gasteiger partial charge in [-0.1, -0.05) is 0 Å². The van der Waals surface area contributed by atoms with Crippen LogP contribution >= 0.6 is 0 Å². The van der Waals surface area contributed by atoms with Crippen LogP contribution in [0, 0.1) is 12.8 Å². The number of hydrogen-bond acceptors (Lipinski definition) is 3. The third-order valence-corrected chi connectivity index (χ3v) is 4.74. The van der Waals surface area contributed by atoms with E-state index in [0.29, 0.717) is 32.5 Å². The second-order valence-corrected chi connectivity index (χ2v) is 6.43. The van der Waals surface area contributed by atoms with Crippen LogP contribution in [-0.4, -0.2) is 52.8 Å². The minimum atomic E-state index is -4.54. The molecule has 1 atom stereocenters. The highest BCUT2D eigenvalue weighted by Gasteiger charge is 2.34. The number of halogens is 3. The summed E-state index contributed by atoms with van der Waals surface area (Å²) in [5, 5.41) is 0. The average Bonchev–Trinajstić information content (AvgIpc) is 2.61. The number of alkyl halides is 3. The Kier molecular flexibility index (Phi) is 6.26. The predicted molar refractivity (Wildman–Crippen MR) is 90.5 cm³/mol. The molecule has 0 aliphatic carbocycles.